The van der Waals surface area contributed by atoms with Crippen LogP contribution < -0.4 is 10.6 Å². The highest BCUT2D eigenvalue weighted by Gasteiger charge is 2.30. The zero-order chi connectivity index (χ0) is 19.2. The number of carbonyl (C=O) groups excluding carboxylic acids is 1. The molecule has 1 saturated heterocycles. The van der Waals surface area contributed by atoms with Crippen molar-refractivity contribution in [2.75, 3.05) is 18.0 Å². The number of nitrogens with zero attached hydrogens (tertiary/aromatic N) is 2. The summed E-state index contributed by atoms with van der Waals surface area (Å²) in [5.41, 5.74) is 6.93. The standard InChI is InChI=1S/C19H21FN4O3/c20-19-14(12-27-18(25)8-17(21)22)2-1-3-16(19)24-9-15(10-24)26-11-13-4-6-23-7-5-13/h1-7,15H,8-12H2,(H3,21,22). The Morgan fingerprint density at radius 1 is 1.26 bits per heavy atom. The molecule has 0 bridgehead atoms. The molecule has 7 nitrogen and oxygen atoms in total. The fraction of sp³-hybridized carbons (Fsp3) is 0.316. The van der Waals surface area contributed by atoms with Gasteiger partial charge in [-0.1, -0.05) is 12.1 Å². The Kier molecular flexibility index (Phi) is 5.97. The number of nitrogens with two attached hydrogens (primary N) is 1. The molecule has 0 saturated carbocycles. The van der Waals surface area contributed by atoms with E-state index in [2.05, 4.69) is 4.98 Å². The number of hydrogen-bond donors (Lipinski definition) is 2. The predicted octanol–water partition coefficient (Wildman–Crippen LogP) is 2.00. The Labute approximate surface area is 156 Å². The summed E-state index contributed by atoms with van der Waals surface area (Å²) in [6.07, 6.45) is 3.17. The van der Waals surface area contributed by atoms with Crippen LogP contribution in [0.3, 0.4) is 0 Å². The quantitative estimate of drug-likeness (QED) is 0.417. The van der Waals surface area contributed by atoms with Gasteiger partial charge in [-0.15, -0.1) is 0 Å². The fourth-order valence-corrected chi connectivity index (χ4v) is 2.72. The molecule has 1 aliphatic heterocycles. The Bertz CT molecular complexity index is 810. The highest BCUT2D eigenvalue weighted by molar-refractivity contribution is 5.94. The highest BCUT2D eigenvalue weighted by Crippen LogP contribution is 2.28. The van der Waals surface area contributed by atoms with Crippen molar-refractivity contribution < 1.29 is 18.7 Å². The maximum absolute atomic E-state index is 14.7. The minimum absolute atomic E-state index is 0.0367. The first-order chi connectivity index (χ1) is 13.0. The maximum atomic E-state index is 14.7. The van der Waals surface area contributed by atoms with Crippen molar-refractivity contribution in [1.82, 2.24) is 4.98 Å². The largest absolute Gasteiger partial charge is 0.460 e. The SMILES string of the molecule is N=C(N)CC(=O)OCc1cccc(N2CC(OCc3ccncc3)C2)c1F. The topological polar surface area (TPSA) is 102 Å². The van der Waals surface area contributed by atoms with Gasteiger partial charge in [-0.3, -0.25) is 15.2 Å². The van der Waals surface area contributed by atoms with Crippen LogP contribution in [0.25, 0.3) is 0 Å². The molecule has 0 atom stereocenters. The predicted molar refractivity (Wildman–Crippen MR) is 97.8 cm³/mol. The molecule has 2 heterocycles. The van der Waals surface area contributed by atoms with Crippen molar-refractivity contribution in [3.63, 3.8) is 0 Å². The average Bonchev–Trinajstić information content (AvgIpc) is 2.61. The van der Waals surface area contributed by atoms with Gasteiger partial charge in [-0.25, -0.2) is 4.39 Å². The molecule has 3 rings (SSSR count). The van der Waals surface area contributed by atoms with Crippen molar-refractivity contribution in [1.29, 1.82) is 5.41 Å². The number of pyridine rings is 1. The highest BCUT2D eigenvalue weighted by atomic mass is 19.1. The number of aromatic nitrogens is 1. The summed E-state index contributed by atoms with van der Waals surface area (Å²) in [5.74, 6) is -1.35. The van der Waals surface area contributed by atoms with E-state index in [-0.39, 0.29) is 30.5 Å². The summed E-state index contributed by atoms with van der Waals surface area (Å²) in [5, 5.41) is 7.06. The van der Waals surface area contributed by atoms with E-state index in [4.69, 9.17) is 20.6 Å². The third-order valence-corrected chi connectivity index (χ3v) is 4.21. The normalized spacial score (nSPS) is 13.9. The van der Waals surface area contributed by atoms with E-state index in [9.17, 15) is 9.18 Å². The summed E-state index contributed by atoms with van der Waals surface area (Å²) in [6.45, 7) is 1.49. The molecule has 142 valence electrons. The van der Waals surface area contributed by atoms with Gasteiger partial charge in [0.2, 0.25) is 0 Å². The summed E-state index contributed by atoms with van der Waals surface area (Å²) in [6, 6.07) is 8.77. The van der Waals surface area contributed by atoms with Gasteiger partial charge in [-0.05, 0) is 23.8 Å². The number of esters is 1. The van der Waals surface area contributed by atoms with Crippen LogP contribution in [-0.2, 0) is 27.5 Å². The van der Waals surface area contributed by atoms with Crippen molar-refractivity contribution in [2.45, 2.75) is 25.7 Å². The number of anilines is 1. The van der Waals surface area contributed by atoms with Crippen LogP contribution in [0.1, 0.15) is 17.5 Å². The first-order valence-electron chi connectivity index (χ1n) is 8.54. The molecule has 2 aromatic rings. The Morgan fingerprint density at radius 3 is 2.70 bits per heavy atom. The molecule has 27 heavy (non-hydrogen) atoms. The van der Waals surface area contributed by atoms with E-state index in [1.807, 2.05) is 17.0 Å². The number of benzene rings is 1. The van der Waals surface area contributed by atoms with Crippen LogP contribution >= 0.6 is 0 Å². The maximum Gasteiger partial charge on any atom is 0.313 e. The van der Waals surface area contributed by atoms with Gasteiger partial charge in [0.1, 0.15) is 18.9 Å². The Morgan fingerprint density at radius 2 is 2.00 bits per heavy atom. The van der Waals surface area contributed by atoms with Crippen molar-refractivity contribution in [3.8, 4) is 0 Å². The van der Waals surface area contributed by atoms with Crippen LogP contribution in [0, 0.1) is 11.2 Å². The van der Waals surface area contributed by atoms with Gasteiger partial charge in [0.25, 0.3) is 0 Å². The molecule has 1 fully saturated rings. The average molecular weight is 372 g/mol. The van der Waals surface area contributed by atoms with E-state index in [1.165, 1.54) is 0 Å². The summed E-state index contributed by atoms with van der Waals surface area (Å²) in [4.78, 5) is 17.3. The molecule has 1 aliphatic rings. The van der Waals surface area contributed by atoms with Gasteiger partial charge < -0.3 is 20.1 Å². The van der Waals surface area contributed by atoms with Crippen LogP contribution in [0.4, 0.5) is 10.1 Å². The van der Waals surface area contributed by atoms with E-state index in [1.54, 1.807) is 30.6 Å². The second-order valence-electron chi connectivity index (χ2n) is 6.31. The van der Waals surface area contributed by atoms with Gasteiger partial charge in [0, 0.05) is 31.0 Å². The Hall–Kier alpha value is -3.00. The molecule has 1 aromatic carbocycles. The molecule has 1 aromatic heterocycles. The van der Waals surface area contributed by atoms with Crippen LogP contribution in [0.5, 0.6) is 0 Å². The van der Waals surface area contributed by atoms with Crippen LogP contribution in [-0.4, -0.2) is 36.0 Å². The number of carbonyl (C=O) groups is 1. The van der Waals surface area contributed by atoms with E-state index >= 15 is 0 Å². The fourth-order valence-electron chi connectivity index (χ4n) is 2.72. The minimum atomic E-state index is -0.652. The lowest BCUT2D eigenvalue weighted by Crippen LogP contribution is -2.52. The van der Waals surface area contributed by atoms with E-state index < -0.39 is 11.8 Å². The van der Waals surface area contributed by atoms with Crippen molar-refractivity contribution >= 4 is 17.5 Å². The lowest BCUT2D eigenvalue weighted by Gasteiger charge is -2.41. The lowest BCUT2D eigenvalue weighted by atomic mass is 10.1. The second-order valence-corrected chi connectivity index (χ2v) is 6.31. The smallest absolute Gasteiger partial charge is 0.313 e. The number of amidine groups is 1. The first kappa shape index (κ1) is 18.8. The molecule has 0 unspecified atom stereocenters. The number of ether oxygens (including phenoxy) is 2. The third kappa shape index (κ3) is 5.01. The molecule has 0 amide bonds. The monoisotopic (exact) mass is 372 g/mol. The molecule has 0 aliphatic carbocycles. The molecule has 0 radical (unpaired) electrons. The van der Waals surface area contributed by atoms with Gasteiger partial charge in [-0.2, -0.15) is 0 Å². The number of hydrogen-bond acceptors (Lipinski definition) is 6. The van der Waals surface area contributed by atoms with Gasteiger partial charge >= 0.3 is 5.97 Å². The minimum Gasteiger partial charge on any atom is -0.460 e. The molecular formula is C19H21FN4O3. The molecule has 0 spiro atoms. The Balaban J connectivity index is 1.51. The zero-order valence-corrected chi connectivity index (χ0v) is 14.7. The second kappa shape index (κ2) is 8.59. The third-order valence-electron chi connectivity index (χ3n) is 4.21. The van der Waals surface area contributed by atoms with Gasteiger partial charge in [0.15, 0.2) is 5.82 Å². The molecule has 3 N–H and O–H groups in total. The summed E-state index contributed by atoms with van der Waals surface area (Å²) in [7, 11) is 0. The first-order valence-corrected chi connectivity index (χ1v) is 8.54. The summed E-state index contributed by atoms with van der Waals surface area (Å²) < 4.78 is 25.5. The number of rotatable bonds is 8. The lowest BCUT2D eigenvalue weighted by molar-refractivity contribution is -0.143. The van der Waals surface area contributed by atoms with Crippen LogP contribution in [0.15, 0.2) is 42.7 Å². The number of halogens is 1. The summed E-state index contributed by atoms with van der Waals surface area (Å²) >= 11 is 0. The van der Waals surface area contributed by atoms with E-state index in [0.717, 1.165) is 5.56 Å². The van der Waals surface area contributed by atoms with Crippen LogP contribution in [0.2, 0.25) is 0 Å². The van der Waals surface area contributed by atoms with E-state index in [0.29, 0.717) is 25.4 Å². The zero-order valence-electron chi connectivity index (χ0n) is 14.7. The van der Waals surface area contributed by atoms with Crippen molar-refractivity contribution in [2.24, 2.45) is 5.73 Å². The van der Waals surface area contributed by atoms with Crippen molar-refractivity contribution in [3.05, 3.63) is 59.7 Å². The molecular weight excluding hydrogens is 351 g/mol. The number of nitrogens with one attached hydrogen (secondary N) is 1. The molecule has 8 heteroatoms. The van der Waals surface area contributed by atoms with Gasteiger partial charge in [0.05, 0.1) is 18.4 Å².